The molecule has 2 N–H and O–H groups in total. The Hall–Kier alpha value is -1.30. The van der Waals surface area contributed by atoms with Crippen LogP contribution in [0.2, 0.25) is 0 Å². The van der Waals surface area contributed by atoms with Crippen molar-refractivity contribution in [3.8, 4) is 5.75 Å². The third-order valence-corrected chi connectivity index (χ3v) is 4.17. The van der Waals surface area contributed by atoms with E-state index >= 15 is 0 Å². The molecule has 1 saturated heterocycles. The summed E-state index contributed by atoms with van der Waals surface area (Å²) in [6.07, 6.45) is 2.02. The molecule has 23 heavy (non-hydrogen) atoms. The molecule has 0 spiro atoms. The fraction of sp³-hybridized carbons (Fsp3) is 0.588. The lowest BCUT2D eigenvalue weighted by molar-refractivity contribution is 0.0511. The molecule has 1 fully saturated rings. The van der Waals surface area contributed by atoms with Gasteiger partial charge in [-0.15, -0.1) is 12.4 Å². The Morgan fingerprint density at radius 1 is 1.30 bits per heavy atom. The summed E-state index contributed by atoms with van der Waals surface area (Å²) in [5.74, 6) is 0.548. The van der Waals surface area contributed by atoms with Crippen LogP contribution in [0.5, 0.6) is 5.75 Å². The van der Waals surface area contributed by atoms with Gasteiger partial charge in [-0.05, 0) is 45.0 Å². The fourth-order valence-corrected chi connectivity index (χ4v) is 2.93. The van der Waals surface area contributed by atoms with Crippen molar-refractivity contribution in [1.82, 2.24) is 10.6 Å². The Morgan fingerprint density at radius 3 is 2.65 bits per heavy atom. The first-order valence-electron chi connectivity index (χ1n) is 7.90. The van der Waals surface area contributed by atoms with Crippen LogP contribution >= 0.6 is 12.4 Å². The van der Waals surface area contributed by atoms with E-state index in [4.69, 9.17) is 9.47 Å². The van der Waals surface area contributed by atoms with Crippen LogP contribution in [0.15, 0.2) is 24.3 Å². The summed E-state index contributed by atoms with van der Waals surface area (Å²) in [5.41, 5.74) is 0.613. The van der Waals surface area contributed by atoms with Crippen molar-refractivity contribution in [3.63, 3.8) is 0 Å². The van der Waals surface area contributed by atoms with Gasteiger partial charge in [0, 0.05) is 19.1 Å². The molecular weight excluding hydrogens is 316 g/mol. The minimum Gasteiger partial charge on any atom is -0.493 e. The molecule has 130 valence electrons. The lowest BCUT2D eigenvalue weighted by atomic mass is 9.79. The predicted octanol–water partition coefficient (Wildman–Crippen LogP) is 2.25. The van der Waals surface area contributed by atoms with Crippen molar-refractivity contribution in [1.29, 1.82) is 0 Å². The molecule has 0 aromatic heterocycles. The van der Waals surface area contributed by atoms with Gasteiger partial charge in [0.2, 0.25) is 0 Å². The maximum absolute atomic E-state index is 12.5. The van der Waals surface area contributed by atoms with E-state index in [1.807, 2.05) is 25.1 Å². The van der Waals surface area contributed by atoms with E-state index in [1.54, 1.807) is 13.2 Å². The monoisotopic (exact) mass is 342 g/mol. The van der Waals surface area contributed by atoms with Gasteiger partial charge in [0.15, 0.2) is 0 Å². The highest BCUT2D eigenvalue weighted by Crippen LogP contribution is 2.28. The van der Waals surface area contributed by atoms with E-state index in [0.717, 1.165) is 25.9 Å². The summed E-state index contributed by atoms with van der Waals surface area (Å²) in [7, 11) is 1.72. The average Bonchev–Trinajstić information content (AvgIpc) is 2.55. The van der Waals surface area contributed by atoms with Gasteiger partial charge in [-0.25, -0.2) is 0 Å². The first-order valence-corrected chi connectivity index (χ1v) is 7.90. The van der Waals surface area contributed by atoms with Gasteiger partial charge in [-0.2, -0.15) is 0 Å². The number of halogens is 1. The van der Waals surface area contributed by atoms with Crippen LogP contribution < -0.4 is 15.4 Å². The van der Waals surface area contributed by atoms with Gasteiger partial charge in [-0.3, -0.25) is 4.79 Å². The molecule has 2 rings (SSSR count). The summed E-state index contributed by atoms with van der Waals surface area (Å²) in [4.78, 5) is 12.5. The standard InChI is InChI=1S/C17H26N2O3.ClH/c1-3-22-15-7-5-4-6-14(15)16(20)19-12-17(13-21-2)8-10-18-11-9-17;/h4-7,18H,3,8-13H2,1-2H3,(H,19,20);1H. The van der Waals surface area contributed by atoms with Crippen LogP contribution in [0.1, 0.15) is 30.1 Å². The first kappa shape index (κ1) is 19.7. The molecule has 1 heterocycles. The number of nitrogens with one attached hydrogen (secondary N) is 2. The molecule has 1 aromatic carbocycles. The Kier molecular flexibility index (Phi) is 8.37. The van der Waals surface area contributed by atoms with E-state index in [9.17, 15) is 4.79 Å². The highest BCUT2D eigenvalue weighted by Gasteiger charge is 2.32. The maximum Gasteiger partial charge on any atom is 0.255 e. The van der Waals surface area contributed by atoms with Gasteiger partial charge >= 0.3 is 0 Å². The number of carbonyl (C=O) groups excluding carboxylic acids is 1. The highest BCUT2D eigenvalue weighted by molar-refractivity contribution is 5.96. The van der Waals surface area contributed by atoms with Crippen molar-refractivity contribution in [2.45, 2.75) is 19.8 Å². The lowest BCUT2D eigenvalue weighted by Crippen LogP contribution is -2.47. The summed E-state index contributed by atoms with van der Waals surface area (Å²) >= 11 is 0. The van der Waals surface area contributed by atoms with E-state index in [-0.39, 0.29) is 23.7 Å². The number of ether oxygens (including phenoxy) is 2. The topological polar surface area (TPSA) is 59.6 Å². The van der Waals surface area contributed by atoms with Gasteiger partial charge in [0.1, 0.15) is 5.75 Å². The van der Waals surface area contributed by atoms with Crippen LogP contribution in [-0.2, 0) is 4.74 Å². The van der Waals surface area contributed by atoms with Crippen LogP contribution in [0.3, 0.4) is 0 Å². The Morgan fingerprint density at radius 2 is 2.00 bits per heavy atom. The second-order valence-corrected chi connectivity index (χ2v) is 5.79. The zero-order chi connectivity index (χ0) is 15.8. The summed E-state index contributed by atoms with van der Waals surface area (Å²) in [6, 6.07) is 7.35. The van der Waals surface area contributed by atoms with E-state index in [0.29, 0.717) is 31.1 Å². The number of hydrogen-bond donors (Lipinski definition) is 2. The predicted molar refractivity (Wildman–Crippen MR) is 93.6 cm³/mol. The molecule has 6 heteroatoms. The first-order chi connectivity index (χ1) is 10.7. The number of piperidine rings is 1. The van der Waals surface area contributed by atoms with Crippen LogP contribution in [0.4, 0.5) is 0 Å². The molecule has 5 nitrogen and oxygen atoms in total. The molecule has 0 aliphatic carbocycles. The van der Waals surface area contributed by atoms with Crippen molar-refractivity contribution in [3.05, 3.63) is 29.8 Å². The molecule has 0 unspecified atom stereocenters. The SMILES string of the molecule is CCOc1ccccc1C(=O)NCC1(COC)CCNCC1.Cl. The normalized spacial score (nSPS) is 16.3. The smallest absolute Gasteiger partial charge is 0.255 e. The van der Waals surface area contributed by atoms with Gasteiger partial charge < -0.3 is 20.1 Å². The average molecular weight is 343 g/mol. The van der Waals surface area contributed by atoms with Gasteiger partial charge in [0.05, 0.1) is 18.8 Å². The molecular formula is C17H27ClN2O3. The molecule has 0 atom stereocenters. The molecule has 1 aliphatic rings. The molecule has 1 aliphatic heterocycles. The molecule has 1 amide bonds. The Labute approximate surface area is 144 Å². The summed E-state index contributed by atoms with van der Waals surface area (Å²) < 4.78 is 10.9. The Bertz CT molecular complexity index is 485. The molecule has 1 aromatic rings. The fourth-order valence-electron chi connectivity index (χ4n) is 2.93. The quantitative estimate of drug-likeness (QED) is 0.798. The number of benzene rings is 1. The van der Waals surface area contributed by atoms with E-state index in [2.05, 4.69) is 10.6 Å². The largest absolute Gasteiger partial charge is 0.493 e. The number of amides is 1. The van der Waals surface area contributed by atoms with Gasteiger partial charge in [0.25, 0.3) is 5.91 Å². The second kappa shape index (κ2) is 9.75. The van der Waals surface area contributed by atoms with Crippen molar-refractivity contribution in [2.75, 3.05) is 40.0 Å². The highest BCUT2D eigenvalue weighted by atomic mass is 35.5. The number of para-hydroxylation sites is 1. The van der Waals surface area contributed by atoms with E-state index < -0.39 is 0 Å². The van der Waals surface area contributed by atoms with Crippen molar-refractivity contribution in [2.24, 2.45) is 5.41 Å². The van der Waals surface area contributed by atoms with Crippen molar-refractivity contribution >= 4 is 18.3 Å². The zero-order valence-electron chi connectivity index (χ0n) is 13.9. The number of hydrogen-bond acceptors (Lipinski definition) is 4. The third kappa shape index (κ3) is 5.37. The Balaban J connectivity index is 0.00000264. The lowest BCUT2D eigenvalue weighted by Gasteiger charge is -2.37. The summed E-state index contributed by atoms with van der Waals surface area (Å²) in [5, 5.41) is 6.42. The van der Waals surface area contributed by atoms with Gasteiger partial charge in [-0.1, -0.05) is 12.1 Å². The second-order valence-electron chi connectivity index (χ2n) is 5.79. The zero-order valence-corrected chi connectivity index (χ0v) is 14.7. The third-order valence-electron chi connectivity index (χ3n) is 4.17. The van der Waals surface area contributed by atoms with Crippen LogP contribution in [0, 0.1) is 5.41 Å². The molecule has 0 radical (unpaired) electrons. The molecule has 0 bridgehead atoms. The summed E-state index contributed by atoms with van der Waals surface area (Å²) in [6.45, 7) is 5.69. The number of methoxy groups -OCH3 is 1. The van der Waals surface area contributed by atoms with Crippen LogP contribution in [-0.4, -0.2) is 45.9 Å². The number of carbonyl (C=O) groups is 1. The minimum atomic E-state index is -0.0851. The molecule has 0 saturated carbocycles. The maximum atomic E-state index is 12.5. The minimum absolute atomic E-state index is 0. The van der Waals surface area contributed by atoms with E-state index in [1.165, 1.54) is 0 Å². The van der Waals surface area contributed by atoms with Crippen LogP contribution in [0.25, 0.3) is 0 Å². The van der Waals surface area contributed by atoms with Crippen molar-refractivity contribution < 1.29 is 14.3 Å². The number of rotatable bonds is 7.